The second-order valence-electron chi connectivity index (χ2n) is 5.22. The van der Waals surface area contributed by atoms with Gasteiger partial charge in [0.1, 0.15) is 5.76 Å². The van der Waals surface area contributed by atoms with Gasteiger partial charge in [0.25, 0.3) is 0 Å². The number of nitrogens with two attached hydrogens (primary N) is 1. The summed E-state index contributed by atoms with van der Waals surface area (Å²) in [5.41, 5.74) is 9.71. The summed E-state index contributed by atoms with van der Waals surface area (Å²) in [6.45, 7) is 3.63. The Morgan fingerprint density at radius 1 is 1.32 bits per heavy atom. The van der Waals surface area contributed by atoms with E-state index in [0.717, 1.165) is 12.3 Å². The minimum Gasteiger partial charge on any atom is -0.468 e. The average Bonchev–Trinajstić information content (AvgIpc) is 2.89. The van der Waals surface area contributed by atoms with Crippen molar-refractivity contribution in [1.29, 1.82) is 0 Å². The summed E-state index contributed by atoms with van der Waals surface area (Å²) in [6.07, 6.45) is 4.11. The van der Waals surface area contributed by atoms with Crippen molar-refractivity contribution in [2.24, 2.45) is 5.73 Å². The van der Waals surface area contributed by atoms with E-state index in [-0.39, 0.29) is 0 Å². The van der Waals surface area contributed by atoms with E-state index in [0.29, 0.717) is 12.6 Å². The summed E-state index contributed by atoms with van der Waals surface area (Å²) < 4.78 is 5.43. The molecule has 100 valence electrons. The van der Waals surface area contributed by atoms with E-state index in [1.54, 1.807) is 6.26 Å². The molecule has 0 bridgehead atoms. The van der Waals surface area contributed by atoms with Gasteiger partial charge in [0.05, 0.1) is 12.8 Å². The van der Waals surface area contributed by atoms with Crippen LogP contribution in [-0.4, -0.2) is 6.04 Å². The fourth-order valence-electron chi connectivity index (χ4n) is 2.87. The lowest BCUT2D eigenvalue weighted by molar-refractivity contribution is 0.501. The number of nitrogens with zero attached hydrogens (tertiary/aromatic N) is 1. The molecule has 0 amide bonds. The van der Waals surface area contributed by atoms with Gasteiger partial charge in [-0.15, -0.1) is 0 Å². The molecule has 2 N–H and O–H groups in total. The molecule has 2 aromatic rings. The highest BCUT2D eigenvalue weighted by atomic mass is 16.3. The van der Waals surface area contributed by atoms with E-state index in [1.165, 1.54) is 29.7 Å². The maximum Gasteiger partial charge on any atom is 0.122 e. The molecule has 0 radical (unpaired) electrons. The molecule has 3 rings (SSSR count). The van der Waals surface area contributed by atoms with Crippen LogP contribution in [0.3, 0.4) is 0 Å². The molecule has 1 aliphatic rings. The van der Waals surface area contributed by atoms with Gasteiger partial charge in [-0.05, 0) is 37.5 Å². The number of rotatable bonds is 3. The Balaban J connectivity index is 1.92. The molecule has 0 fully saturated rings. The third kappa shape index (κ3) is 2.26. The minimum atomic E-state index is 0.464. The third-order valence-electron chi connectivity index (χ3n) is 4.03. The van der Waals surface area contributed by atoms with Gasteiger partial charge in [0.2, 0.25) is 0 Å². The van der Waals surface area contributed by atoms with Crippen LogP contribution < -0.4 is 10.6 Å². The van der Waals surface area contributed by atoms with Crippen molar-refractivity contribution in [2.75, 3.05) is 4.90 Å². The van der Waals surface area contributed by atoms with E-state index in [2.05, 4.69) is 36.1 Å². The largest absolute Gasteiger partial charge is 0.468 e. The van der Waals surface area contributed by atoms with Gasteiger partial charge in [-0.1, -0.05) is 18.2 Å². The van der Waals surface area contributed by atoms with Crippen molar-refractivity contribution in [1.82, 2.24) is 0 Å². The summed E-state index contributed by atoms with van der Waals surface area (Å²) >= 11 is 0. The fourth-order valence-corrected chi connectivity index (χ4v) is 2.87. The summed E-state index contributed by atoms with van der Waals surface area (Å²) in [5, 5.41) is 0. The summed E-state index contributed by atoms with van der Waals surface area (Å²) in [4.78, 5) is 2.46. The Bertz CT molecular complexity index is 561. The highest BCUT2D eigenvalue weighted by molar-refractivity contribution is 5.56. The summed E-state index contributed by atoms with van der Waals surface area (Å²) in [7, 11) is 0. The first kappa shape index (κ1) is 12.3. The maximum absolute atomic E-state index is 5.72. The predicted octanol–water partition coefficient (Wildman–Crippen LogP) is 3.08. The normalized spacial score (nSPS) is 18.4. The van der Waals surface area contributed by atoms with Crippen molar-refractivity contribution in [3.63, 3.8) is 0 Å². The van der Waals surface area contributed by atoms with Gasteiger partial charge in [-0.3, -0.25) is 0 Å². The number of anilines is 1. The van der Waals surface area contributed by atoms with Crippen LogP contribution in [0, 0.1) is 0 Å². The SMILES string of the molecule is CC1CCc2ccccc2N1Cc1ccoc1CN. The molecule has 0 saturated heterocycles. The zero-order valence-electron chi connectivity index (χ0n) is 11.3. The number of hydrogen-bond donors (Lipinski definition) is 1. The molecule has 1 unspecified atom stereocenters. The molecule has 3 nitrogen and oxygen atoms in total. The van der Waals surface area contributed by atoms with Gasteiger partial charge < -0.3 is 15.1 Å². The van der Waals surface area contributed by atoms with Crippen LogP contribution in [0.2, 0.25) is 0 Å². The van der Waals surface area contributed by atoms with Crippen LogP contribution in [0.15, 0.2) is 41.0 Å². The number of furan rings is 1. The lowest BCUT2D eigenvalue weighted by Crippen LogP contribution is -2.36. The van der Waals surface area contributed by atoms with E-state index < -0.39 is 0 Å². The Morgan fingerprint density at radius 2 is 2.16 bits per heavy atom. The first-order chi connectivity index (χ1) is 9.29. The monoisotopic (exact) mass is 256 g/mol. The molecule has 0 spiro atoms. The van der Waals surface area contributed by atoms with Crippen molar-refractivity contribution < 1.29 is 4.42 Å². The van der Waals surface area contributed by atoms with Gasteiger partial charge in [-0.25, -0.2) is 0 Å². The molecule has 2 heterocycles. The predicted molar refractivity (Wildman–Crippen MR) is 77.0 cm³/mol. The smallest absolute Gasteiger partial charge is 0.122 e. The van der Waals surface area contributed by atoms with Crippen LogP contribution in [0.4, 0.5) is 5.69 Å². The first-order valence-electron chi connectivity index (χ1n) is 6.89. The highest BCUT2D eigenvalue weighted by Crippen LogP contribution is 2.32. The quantitative estimate of drug-likeness (QED) is 0.917. The molecule has 1 atom stereocenters. The van der Waals surface area contributed by atoms with Crippen molar-refractivity contribution in [2.45, 2.75) is 38.9 Å². The standard InChI is InChI=1S/C16H20N2O/c1-12-6-7-13-4-2-3-5-15(13)18(12)11-14-8-9-19-16(14)10-17/h2-5,8-9,12H,6-7,10-11,17H2,1H3. The Kier molecular flexibility index (Phi) is 3.30. The molecule has 1 aromatic carbocycles. The fraction of sp³-hybridized carbons (Fsp3) is 0.375. The molecule has 1 aromatic heterocycles. The van der Waals surface area contributed by atoms with Crippen LogP contribution in [0.25, 0.3) is 0 Å². The van der Waals surface area contributed by atoms with Gasteiger partial charge in [0.15, 0.2) is 0 Å². The van der Waals surface area contributed by atoms with Crippen molar-refractivity contribution in [3.8, 4) is 0 Å². The van der Waals surface area contributed by atoms with Gasteiger partial charge in [0, 0.05) is 23.8 Å². The number of fused-ring (bicyclic) bond motifs is 1. The van der Waals surface area contributed by atoms with Gasteiger partial charge >= 0.3 is 0 Å². The molecule has 0 aliphatic carbocycles. The zero-order valence-corrected chi connectivity index (χ0v) is 11.3. The number of para-hydroxylation sites is 1. The number of benzene rings is 1. The lowest BCUT2D eigenvalue weighted by atomic mass is 9.96. The first-order valence-corrected chi connectivity index (χ1v) is 6.89. The molecular weight excluding hydrogens is 236 g/mol. The lowest BCUT2D eigenvalue weighted by Gasteiger charge is -2.37. The van der Waals surface area contributed by atoms with E-state index in [9.17, 15) is 0 Å². The number of hydrogen-bond acceptors (Lipinski definition) is 3. The Morgan fingerprint density at radius 3 is 3.00 bits per heavy atom. The van der Waals surface area contributed by atoms with E-state index >= 15 is 0 Å². The Labute approximate surface area is 114 Å². The van der Waals surface area contributed by atoms with Crippen LogP contribution in [-0.2, 0) is 19.5 Å². The van der Waals surface area contributed by atoms with E-state index in [4.69, 9.17) is 10.2 Å². The third-order valence-corrected chi connectivity index (χ3v) is 4.03. The average molecular weight is 256 g/mol. The second kappa shape index (κ2) is 5.10. The number of aryl methyl sites for hydroxylation is 1. The molecule has 1 aliphatic heterocycles. The Hall–Kier alpha value is -1.74. The maximum atomic E-state index is 5.72. The molecular formula is C16H20N2O. The molecule has 19 heavy (non-hydrogen) atoms. The molecule has 0 saturated carbocycles. The van der Waals surface area contributed by atoms with E-state index in [1.807, 2.05) is 6.07 Å². The summed E-state index contributed by atoms with van der Waals surface area (Å²) in [5.74, 6) is 0.898. The van der Waals surface area contributed by atoms with Crippen LogP contribution in [0.5, 0.6) is 0 Å². The van der Waals surface area contributed by atoms with Crippen LogP contribution in [0.1, 0.15) is 30.2 Å². The minimum absolute atomic E-state index is 0.464. The zero-order chi connectivity index (χ0) is 13.2. The van der Waals surface area contributed by atoms with Crippen molar-refractivity contribution in [3.05, 3.63) is 53.5 Å². The highest BCUT2D eigenvalue weighted by Gasteiger charge is 2.23. The van der Waals surface area contributed by atoms with Crippen LogP contribution >= 0.6 is 0 Å². The molecule has 3 heteroatoms. The van der Waals surface area contributed by atoms with Crippen molar-refractivity contribution >= 4 is 5.69 Å². The van der Waals surface area contributed by atoms with Gasteiger partial charge in [-0.2, -0.15) is 0 Å². The topological polar surface area (TPSA) is 42.4 Å². The second-order valence-corrected chi connectivity index (χ2v) is 5.22. The summed E-state index contributed by atoms with van der Waals surface area (Å²) in [6, 6.07) is 11.3.